The fourth-order valence-electron chi connectivity index (χ4n) is 2.85. The zero-order valence-electron chi connectivity index (χ0n) is 16.0. The Morgan fingerprint density at radius 1 is 0.867 bits per heavy atom. The van der Waals surface area contributed by atoms with Crippen LogP contribution in [0.1, 0.15) is 15.9 Å². The molecule has 0 radical (unpaired) electrons. The van der Waals surface area contributed by atoms with Crippen molar-refractivity contribution in [3.8, 4) is 22.9 Å². The van der Waals surface area contributed by atoms with Gasteiger partial charge in [-0.2, -0.15) is 0 Å². The number of ether oxygens (including phenoxy) is 1. The predicted molar refractivity (Wildman–Crippen MR) is 112 cm³/mol. The highest BCUT2D eigenvalue weighted by Gasteiger charge is 2.08. The van der Waals surface area contributed by atoms with E-state index in [1.165, 1.54) is 24.3 Å². The maximum Gasteiger partial charge on any atom is 0.321 e. The first-order valence-electron chi connectivity index (χ1n) is 9.35. The smallest absolute Gasteiger partial charge is 0.321 e. The van der Waals surface area contributed by atoms with Crippen molar-refractivity contribution < 1.29 is 13.9 Å². The van der Waals surface area contributed by atoms with Crippen molar-refractivity contribution in [2.24, 2.45) is 0 Å². The van der Waals surface area contributed by atoms with Crippen molar-refractivity contribution >= 4 is 5.91 Å². The summed E-state index contributed by atoms with van der Waals surface area (Å²) in [5.74, 6) is -0.0505. The number of carbonyl (C=O) groups is 1. The maximum atomic E-state index is 13.0. The Kier molecular flexibility index (Phi) is 5.75. The molecule has 0 spiro atoms. The van der Waals surface area contributed by atoms with Crippen LogP contribution in [0.2, 0.25) is 0 Å². The molecular formula is C24H18FN3O2. The van der Waals surface area contributed by atoms with Gasteiger partial charge in [0, 0.05) is 30.1 Å². The minimum Gasteiger partial charge on any atom is -0.424 e. The normalized spacial score (nSPS) is 10.4. The van der Waals surface area contributed by atoms with Gasteiger partial charge in [0.15, 0.2) is 0 Å². The number of carbonyl (C=O) groups excluding carboxylic acids is 1. The number of aromatic nitrogens is 2. The predicted octanol–water partition coefficient (Wildman–Crippen LogP) is 5.01. The lowest BCUT2D eigenvalue weighted by Crippen LogP contribution is -2.22. The van der Waals surface area contributed by atoms with Crippen LogP contribution < -0.4 is 10.1 Å². The highest BCUT2D eigenvalue weighted by atomic mass is 19.1. The van der Waals surface area contributed by atoms with Gasteiger partial charge < -0.3 is 10.1 Å². The molecule has 0 unspecified atom stereocenters. The van der Waals surface area contributed by atoms with Gasteiger partial charge in [-0.3, -0.25) is 4.79 Å². The number of halogens is 1. The van der Waals surface area contributed by atoms with Crippen molar-refractivity contribution in [2.75, 3.05) is 0 Å². The van der Waals surface area contributed by atoms with Gasteiger partial charge in [0.25, 0.3) is 5.91 Å². The highest BCUT2D eigenvalue weighted by molar-refractivity contribution is 5.95. The van der Waals surface area contributed by atoms with E-state index < -0.39 is 0 Å². The van der Waals surface area contributed by atoms with E-state index in [9.17, 15) is 9.18 Å². The van der Waals surface area contributed by atoms with Crippen LogP contribution in [0.5, 0.6) is 11.8 Å². The topological polar surface area (TPSA) is 64.1 Å². The van der Waals surface area contributed by atoms with Gasteiger partial charge in [-0.15, -0.1) is 0 Å². The van der Waals surface area contributed by atoms with Crippen molar-refractivity contribution in [1.82, 2.24) is 15.3 Å². The Morgan fingerprint density at radius 2 is 1.60 bits per heavy atom. The van der Waals surface area contributed by atoms with Crippen LogP contribution in [0.3, 0.4) is 0 Å². The van der Waals surface area contributed by atoms with Gasteiger partial charge >= 0.3 is 6.01 Å². The van der Waals surface area contributed by atoms with Gasteiger partial charge in [-0.1, -0.05) is 42.5 Å². The van der Waals surface area contributed by atoms with Crippen LogP contribution in [-0.4, -0.2) is 15.9 Å². The number of hydrogen-bond donors (Lipinski definition) is 1. The first-order chi connectivity index (χ1) is 14.7. The molecule has 0 fully saturated rings. The summed E-state index contributed by atoms with van der Waals surface area (Å²) in [6.45, 7) is 0.461. The maximum absolute atomic E-state index is 13.0. The molecule has 0 aliphatic carbocycles. The lowest BCUT2D eigenvalue weighted by molar-refractivity contribution is 0.0951. The molecule has 3 aromatic carbocycles. The van der Waals surface area contributed by atoms with Crippen LogP contribution in [0, 0.1) is 5.82 Å². The molecule has 1 aromatic heterocycles. The van der Waals surface area contributed by atoms with E-state index in [4.69, 9.17) is 4.74 Å². The molecular weight excluding hydrogens is 381 g/mol. The summed E-state index contributed by atoms with van der Waals surface area (Å²) in [6, 6.07) is 22.8. The minimum absolute atomic E-state index is 0.155. The molecule has 0 saturated carbocycles. The summed E-state index contributed by atoms with van der Waals surface area (Å²) < 4.78 is 18.5. The van der Waals surface area contributed by atoms with Gasteiger partial charge in [-0.25, -0.2) is 14.4 Å². The fourth-order valence-corrected chi connectivity index (χ4v) is 2.85. The first-order valence-corrected chi connectivity index (χ1v) is 9.35. The number of benzene rings is 3. The van der Waals surface area contributed by atoms with Crippen LogP contribution in [0.15, 0.2) is 91.3 Å². The quantitative estimate of drug-likeness (QED) is 0.495. The largest absolute Gasteiger partial charge is 0.424 e. The average Bonchev–Trinajstić information content (AvgIpc) is 2.80. The Morgan fingerprint density at radius 3 is 2.33 bits per heavy atom. The zero-order chi connectivity index (χ0) is 20.8. The Hall–Kier alpha value is -4.06. The molecule has 1 amide bonds. The molecule has 1 heterocycles. The van der Waals surface area contributed by atoms with Crippen molar-refractivity contribution in [1.29, 1.82) is 0 Å². The molecule has 1 N–H and O–H groups in total. The summed E-state index contributed by atoms with van der Waals surface area (Å²) in [5, 5.41) is 2.92. The molecule has 5 nitrogen and oxygen atoms in total. The average molecular weight is 399 g/mol. The second kappa shape index (κ2) is 8.96. The van der Waals surface area contributed by atoms with Crippen LogP contribution in [0.25, 0.3) is 11.1 Å². The molecule has 30 heavy (non-hydrogen) atoms. The molecule has 0 aliphatic heterocycles. The van der Waals surface area contributed by atoms with Crippen LogP contribution in [-0.2, 0) is 6.54 Å². The van der Waals surface area contributed by atoms with Crippen LogP contribution in [0.4, 0.5) is 4.39 Å². The van der Waals surface area contributed by atoms with E-state index in [0.717, 1.165) is 16.7 Å². The first kappa shape index (κ1) is 19.3. The van der Waals surface area contributed by atoms with E-state index >= 15 is 0 Å². The number of nitrogens with zero attached hydrogens (tertiary/aromatic N) is 2. The third-order valence-electron chi connectivity index (χ3n) is 4.40. The summed E-state index contributed by atoms with van der Waals surface area (Å²) in [7, 11) is 0. The van der Waals surface area contributed by atoms with E-state index in [1.54, 1.807) is 24.5 Å². The van der Waals surface area contributed by atoms with Gasteiger partial charge in [0.05, 0.1) is 0 Å². The SMILES string of the molecule is O=C(NCc1ccccc1)c1cccc(-c2cnc(Oc3ccc(F)cc3)nc2)c1. The third-order valence-corrected chi connectivity index (χ3v) is 4.40. The second-order valence-corrected chi connectivity index (χ2v) is 6.56. The standard InChI is InChI=1S/C24H18FN3O2/c25-21-9-11-22(12-10-21)30-24-27-15-20(16-28-24)18-7-4-8-19(13-18)23(29)26-14-17-5-2-1-3-6-17/h1-13,15-16H,14H2,(H,26,29). The number of amides is 1. The Balaban J connectivity index is 1.44. The molecule has 4 aromatic rings. The monoisotopic (exact) mass is 399 g/mol. The van der Waals surface area contributed by atoms with E-state index in [0.29, 0.717) is 17.9 Å². The number of hydrogen-bond acceptors (Lipinski definition) is 4. The van der Waals surface area contributed by atoms with E-state index in [2.05, 4.69) is 15.3 Å². The summed E-state index contributed by atoms with van der Waals surface area (Å²) in [5.41, 5.74) is 3.15. The van der Waals surface area contributed by atoms with Gasteiger partial charge in [-0.05, 0) is 47.5 Å². The van der Waals surface area contributed by atoms with Crippen molar-refractivity contribution in [2.45, 2.75) is 6.54 Å². The molecule has 4 rings (SSSR count). The summed E-state index contributed by atoms with van der Waals surface area (Å²) in [6.07, 6.45) is 3.24. The van der Waals surface area contributed by atoms with Gasteiger partial charge in [0.2, 0.25) is 0 Å². The molecule has 6 heteroatoms. The number of nitrogens with one attached hydrogen (secondary N) is 1. The van der Waals surface area contributed by atoms with E-state index in [1.807, 2.05) is 42.5 Å². The summed E-state index contributed by atoms with van der Waals surface area (Å²) >= 11 is 0. The fraction of sp³-hybridized carbons (Fsp3) is 0.0417. The lowest BCUT2D eigenvalue weighted by Gasteiger charge is -2.08. The zero-order valence-corrected chi connectivity index (χ0v) is 16.0. The third kappa shape index (κ3) is 4.86. The molecule has 0 atom stereocenters. The highest BCUT2D eigenvalue weighted by Crippen LogP contribution is 2.22. The lowest BCUT2D eigenvalue weighted by atomic mass is 10.1. The van der Waals surface area contributed by atoms with Gasteiger partial charge in [0.1, 0.15) is 11.6 Å². The van der Waals surface area contributed by atoms with E-state index in [-0.39, 0.29) is 17.7 Å². The molecule has 0 bridgehead atoms. The number of rotatable bonds is 6. The molecule has 0 saturated heterocycles. The summed E-state index contributed by atoms with van der Waals surface area (Å²) in [4.78, 5) is 20.9. The molecule has 148 valence electrons. The van der Waals surface area contributed by atoms with Crippen molar-refractivity contribution in [3.05, 3.63) is 108 Å². The molecule has 0 aliphatic rings. The Labute approximate surface area is 173 Å². The van der Waals surface area contributed by atoms with Crippen molar-refractivity contribution in [3.63, 3.8) is 0 Å². The Bertz CT molecular complexity index is 1130. The minimum atomic E-state index is -0.341. The van der Waals surface area contributed by atoms with Crippen LogP contribution >= 0.6 is 0 Å². The second-order valence-electron chi connectivity index (χ2n) is 6.56.